The van der Waals surface area contributed by atoms with Crippen LogP contribution in [0.25, 0.3) is 22.6 Å². The summed E-state index contributed by atoms with van der Waals surface area (Å²) in [6.45, 7) is 0.850. The molecule has 144 valence electrons. The van der Waals surface area contributed by atoms with Crippen molar-refractivity contribution in [2.24, 2.45) is 0 Å². The Morgan fingerprint density at radius 3 is 2.90 bits per heavy atom. The van der Waals surface area contributed by atoms with Gasteiger partial charge in [0.15, 0.2) is 5.82 Å². The smallest absolute Gasteiger partial charge is 0.254 e. The second-order valence-electron chi connectivity index (χ2n) is 6.80. The number of carbonyl (C=O) groups is 1. The third-order valence-corrected chi connectivity index (χ3v) is 5.04. The van der Waals surface area contributed by atoms with Gasteiger partial charge in [-0.05, 0) is 18.2 Å². The molecule has 7 nitrogen and oxygen atoms in total. The van der Waals surface area contributed by atoms with Crippen LogP contribution in [0.1, 0.15) is 21.7 Å². The Labute approximate surface area is 165 Å². The minimum Gasteiger partial charge on any atom is -0.360 e. The highest BCUT2D eigenvalue weighted by molar-refractivity contribution is 6.00. The van der Waals surface area contributed by atoms with Crippen LogP contribution in [-0.4, -0.2) is 37.7 Å². The van der Waals surface area contributed by atoms with Crippen molar-refractivity contribution in [3.05, 3.63) is 77.6 Å². The monoisotopic (exact) mass is 389 g/mol. The molecule has 2 aromatic heterocycles. The van der Waals surface area contributed by atoms with Crippen molar-refractivity contribution in [2.45, 2.75) is 13.0 Å². The van der Waals surface area contributed by atoms with Crippen molar-refractivity contribution >= 4 is 5.91 Å². The fourth-order valence-corrected chi connectivity index (χ4v) is 3.63. The molecule has 2 aromatic carbocycles. The lowest BCUT2D eigenvalue weighted by atomic mass is 9.99. The average molecular weight is 389 g/mol. The molecular weight excluding hydrogens is 373 g/mol. The summed E-state index contributed by atoms with van der Waals surface area (Å²) in [4.78, 5) is 19.2. The molecule has 0 spiro atoms. The summed E-state index contributed by atoms with van der Waals surface area (Å²) in [6, 6.07) is 13.5. The van der Waals surface area contributed by atoms with E-state index < -0.39 is 0 Å². The lowest BCUT2D eigenvalue weighted by Crippen LogP contribution is -2.36. The van der Waals surface area contributed by atoms with Crippen LogP contribution < -0.4 is 0 Å². The van der Waals surface area contributed by atoms with E-state index >= 15 is 0 Å². The van der Waals surface area contributed by atoms with Crippen molar-refractivity contribution in [3.63, 3.8) is 0 Å². The van der Waals surface area contributed by atoms with E-state index in [1.165, 1.54) is 18.5 Å². The van der Waals surface area contributed by atoms with Gasteiger partial charge in [-0.3, -0.25) is 9.89 Å². The molecule has 4 aromatic rings. The van der Waals surface area contributed by atoms with Crippen LogP contribution in [0.15, 0.2) is 59.4 Å². The molecule has 1 aliphatic heterocycles. The summed E-state index contributed by atoms with van der Waals surface area (Å²) < 4.78 is 19.1. The minimum atomic E-state index is -0.344. The number of H-pyrrole nitrogens is 1. The normalized spacial score (nSPS) is 13.3. The molecule has 0 bridgehead atoms. The highest BCUT2D eigenvalue weighted by Gasteiger charge is 2.29. The van der Waals surface area contributed by atoms with E-state index in [2.05, 4.69) is 20.3 Å². The maximum atomic E-state index is 13.7. The van der Waals surface area contributed by atoms with Gasteiger partial charge in [0.2, 0.25) is 0 Å². The van der Waals surface area contributed by atoms with Crippen molar-refractivity contribution in [1.29, 1.82) is 0 Å². The number of amides is 1. The highest BCUT2D eigenvalue weighted by Crippen LogP contribution is 2.31. The summed E-state index contributed by atoms with van der Waals surface area (Å²) in [5, 5.41) is 10.8. The van der Waals surface area contributed by atoms with Gasteiger partial charge in [0.05, 0.1) is 12.1 Å². The molecule has 3 heterocycles. The van der Waals surface area contributed by atoms with Crippen molar-refractivity contribution in [1.82, 2.24) is 25.2 Å². The molecule has 5 rings (SSSR count). The predicted octanol–water partition coefficient (Wildman–Crippen LogP) is 3.46. The third-order valence-electron chi connectivity index (χ3n) is 5.04. The number of hydrogen-bond donors (Lipinski definition) is 1. The number of halogens is 1. The first-order valence-corrected chi connectivity index (χ1v) is 9.18. The Hall–Kier alpha value is -3.81. The number of fused-ring (bicyclic) bond motifs is 1. The van der Waals surface area contributed by atoms with Crippen molar-refractivity contribution in [3.8, 4) is 22.6 Å². The first kappa shape index (κ1) is 17.3. The number of carbonyl (C=O) groups excluding carboxylic acids is 1. The van der Waals surface area contributed by atoms with Gasteiger partial charge in [-0.1, -0.05) is 35.5 Å². The molecule has 0 atom stereocenters. The first-order valence-electron chi connectivity index (χ1n) is 9.18. The van der Waals surface area contributed by atoms with Crippen LogP contribution in [0.4, 0.5) is 4.39 Å². The fourth-order valence-electron chi connectivity index (χ4n) is 3.63. The molecule has 0 saturated carbocycles. The van der Waals surface area contributed by atoms with E-state index in [0.717, 1.165) is 11.3 Å². The highest BCUT2D eigenvalue weighted by atomic mass is 19.1. The molecular formula is C21H16FN5O2. The van der Waals surface area contributed by atoms with Crippen LogP contribution in [0.5, 0.6) is 0 Å². The van der Waals surface area contributed by atoms with Gasteiger partial charge in [-0.25, -0.2) is 9.37 Å². The van der Waals surface area contributed by atoms with E-state index in [1.54, 1.807) is 23.1 Å². The maximum absolute atomic E-state index is 13.7. The molecule has 1 aliphatic rings. The molecule has 0 fully saturated rings. The Balaban J connectivity index is 1.48. The molecule has 1 amide bonds. The zero-order valence-electron chi connectivity index (χ0n) is 15.3. The maximum Gasteiger partial charge on any atom is 0.254 e. The number of rotatable bonds is 3. The zero-order chi connectivity index (χ0) is 19.8. The Bertz CT molecular complexity index is 1190. The standard InChI is InChI=1S/C21H16FN5O2/c22-14-5-3-4-13(10-14)19-17-11-27(9-8-18(17)29-26-19)21(28)16-7-2-1-6-15(16)20-23-12-24-25-20/h1-7,10,12H,8-9,11H2,(H,23,24,25). The molecule has 0 aliphatic carbocycles. The molecule has 0 saturated heterocycles. The molecule has 0 unspecified atom stereocenters. The first-order chi connectivity index (χ1) is 14.2. The molecule has 29 heavy (non-hydrogen) atoms. The number of nitrogens with one attached hydrogen (secondary N) is 1. The number of aromatic nitrogens is 4. The summed E-state index contributed by atoms with van der Waals surface area (Å²) >= 11 is 0. The number of hydrogen-bond acceptors (Lipinski definition) is 5. The predicted molar refractivity (Wildman–Crippen MR) is 102 cm³/mol. The van der Waals surface area contributed by atoms with E-state index in [0.29, 0.717) is 47.7 Å². The van der Waals surface area contributed by atoms with Gasteiger partial charge in [-0.2, -0.15) is 5.10 Å². The third kappa shape index (κ3) is 3.08. The Morgan fingerprint density at radius 1 is 1.17 bits per heavy atom. The Morgan fingerprint density at radius 2 is 2.07 bits per heavy atom. The number of aromatic amines is 1. The number of nitrogens with zero attached hydrogens (tertiary/aromatic N) is 4. The van der Waals surface area contributed by atoms with Gasteiger partial charge in [0, 0.05) is 29.7 Å². The largest absolute Gasteiger partial charge is 0.360 e. The summed E-state index contributed by atoms with van der Waals surface area (Å²) in [7, 11) is 0. The topological polar surface area (TPSA) is 87.9 Å². The van der Waals surface area contributed by atoms with Gasteiger partial charge < -0.3 is 9.42 Å². The summed E-state index contributed by atoms with van der Waals surface area (Å²) in [5.74, 6) is 0.812. The van der Waals surface area contributed by atoms with E-state index in [4.69, 9.17) is 4.52 Å². The lowest BCUT2D eigenvalue weighted by Gasteiger charge is -2.27. The van der Waals surface area contributed by atoms with Gasteiger partial charge in [-0.15, -0.1) is 0 Å². The molecule has 1 N–H and O–H groups in total. The van der Waals surface area contributed by atoms with Gasteiger partial charge in [0.25, 0.3) is 5.91 Å². The van der Waals surface area contributed by atoms with Gasteiger partial charge in [0.1, 0.15) is 23.6 Å². The minimum absolute atomic E-state index is 0.117. The second-order valence-corrected chi connectivity index (χ2v) is 6.80. The van der Waals surface area contributed by atoms with E-state index in [-0.39, 0.29) is 11.7 Å². The van der Waals surface area contributed by atoms with E-state index in [1.807, 2.05) is 18.2 Å². The van der Waals surface area contributed by atoms with Crippen LogP contribution >= 0.6 is 0 Å². The zero-order valence-corrected chi connectivity index (χ0v) is 15.3. The Kier molecular flexibility index (Phi) is 4.16. The SMILES string of the molecule is O=C(c1ccccc1-c1ncn[nH]1)N1CCc2onc(-c3cccc(F)c3)c2C1. The average Bonchev–Trinajstić information content (AvgIpc) is 3.43. The molecule has 0 radical (unpaired) electrons. The van der Waals surface area contributed by atoms with Crippen molar-refractivity contribution in [2.75, 3.05) is 6.54 Å². The van der Waals surface area contributed by atoms with Crippen LogP contribution in [-0.2, 0) is 13.0 Å². The quantitative estimate of drug-likeness (QED) is 0.580. The van der Waals surface area contributed by atoms with Crippen LogP contribution in [0.2, 0.25) is 0 Å². The number of benzene rings is 2. The summed E-state index contributed by atoms with van der Waals surface area (Å²) in [5.41, 5.74) is 3.24. The molecule has 8 heteroatoms. The van der Waals surface area contributed by atoms with Crippen molar-refractivity contribution < 1.29 is 13.7 Å². The summed E-state index contributed by atoms with van der Waals surface area (Å²) in [6.07, 6.45) is 1.96. The lowest BCUT2D eigenvalue weighted by molar-refractivity contribution is 0.0730. The van der Waals surface area contributed by atoms with E-state index in [9.17, 15) is 9.18 Å². The van der Waals surface area contributed by atoms with Gasteiger partial charge >= 0.3 is 0 Å². The van der Waals surface area contributed by atoms with Crippen LogP contribution in [0, 0.1) is 5.82 Å². The van der Waals surface area contributed by atoms with Crippen LogP contribution in [0.3, 0.4) is 0 Å². The fraction of sp³-hybridized carbons (Fsp3) is 0.143. The second kappa shape index (κ2) is 6.97.